The average Bonchev–Trinajstić information content (AvgIpc) is 2.61. The number of hydrogen-bond acceptors (Lipinski definition) is 4. The minimum Gasteiger partial charge on any atom is -0.258 e. The van der Waals surface area contributed by atoms with E-state index in [1.54, 1.807) is 48.5 Å². The third kappa shape index (κ3) is 1.71. The molecular weight excluding hydrogens is 254 g/mol. The molecule has 2 aromatic rings. The molecule has 5 heteroatoms. The van der Waals surface area contributed by atoms with Gasteiger partial charge in [-0.3, -0.25) is 10.1 Å². The fourth-order valence-electron chi connectivity index (χ4n) is 2.31. The third-order valence-corrected chi connectivity index (χ3v) is 3.19. The lowest BCUT2D eigenvalue weighted by molar-refractivity contribution is -0.374. The van der Waals surface area contributed by atoms with Crippen LogP contribution in [0.1, 0.15) is 11.1 Å². The maximum absolute atomic E-state index is 11.3. The van der Waals surface area contributed by atoms with E-state index >= 15 is 0 Å². The lowest BCUT2D eigenvalue weighted by atomic mass is 10.1. The maximum Gasteiger partial charge on any atom is 0.279 e. The highest BCUT2D eigenvalue weighted by Crippen LogP contribution is 2.39. The van der Waals surface area contributed by atoms with E-state index in [2.05, 4.69) is 6.19 Å². The molecule has 0 bridgehead atoms. The van der Waals surface area contributed by atoms with Gasteiger partial charge < -0.3 is 0 Å². The number of benzene rings is 2. The molecule has 2 aromatic carbocycles. The predicted octanol–water partition coefficient (Wildman–Crippen LogP) is 3.39. The van der Waals surface area contributed by atoms with Crippen LogP contribution in [0, 0.1) is 21.6 Å². The number of fused-ring (bicyclic) bond motifs is 2. The molecule has 0 amide bonds. The highest BCUT2D eigenvalue weighted by molar-refractivity contribution is 5.93. The number of rotatable bonds is 1. The summed E-state index contributed by atoms with van der Waals surface area (Å²) in [6, 6.07) is 14.0. The largest absolute Gasteiger partial charge is 0.279 e. The SMILES string of the molecule is N#CN1c2ccccc2C=C([N+](=O)[O-])c2ccccc21. The van der Waals surface area contributed by atoms with Crippen LogP contribution >= 0.6 is 0 Å². The average molecular weight is 263 g/mol. The first-order valence-electron chi connectivity index (χ1n) is 5.97. The van der Waals surface area contributed by atoms with E-state index < -0.39 is 4.92 Å². The van der Waals surface area contributed by atoms with E-state index in [1.165, 1.54) is 11.0 Å². The van der Waals surface area contributed by atoms with Crippen LogP contribution in [0.2, 0.25) is 0 Å². The van der Waals surface area contributed by atoms with Gasteiger partial charge in [-0.25, -0.2) is 4.90 Å². The summed E-state index contributed by atoms with van der Waals surface area (Å²) in [6.45, 7) is 0. The van der Waals surface area contributed by atoms with E-state index in [1.807, 2.05) is 0 Å². The maximum atomic E-state index is 11.3. The standard InChI is InChI=1S/C15H9N3O2/c16-10-17-13-7-3-1-5-11(13)9-15(18(19)20)12-6-2-4-8-14(12)17/h1-9H. The summed E-state index contributed by atoms with van der Waals surface area (Å²) in [6.07, 6.45) is 3.60. The Balaban J connectivity index is 2.39. The van der Waals surface area contributed by atoms with Crippen molar-refractivity contribution in [3.05, 3.63) is 69.8 Å². The quantitative estimate of drug-likeness (QED) is 0.449. The first-order valence-corrected chi connectivity index (χ1v) is 5.97. The second kappa shape index (κ2) is 4.52. The molecule has 0 saturated carbocycles. The fraction of sp³-hybridized carbons (Fsp3) is 0. The lowest BCUT2D eigenvalue weighted by Gasteiger charge is -2.17. The summed E-state index contributed by atoms with van der Waals surface area (Å²) in [4.78, 5) is 12.3. The minimum absolute atomic E-state index is 0.00852. The number of anilines is 2. The monoisotopic (exact) mass is 263 g/mol. The van der Waals surface area contributed by atoms with Crippen molar-refractivity contribution in [2.24, 2.45) is 0 Å². The number of hydrogen-bond donors (Lipinski definition) is 0. The molecule has 5 nitrogen and oxygen atoms in total. The van der Waals surface area contributed by atoms with Gasteiger partial charge in [-0.2, -0.15) is 5.26 Å². The molecule has 0 N–H and O–H groups in total. The van der Waals surface area contributed by atoms with Crippen LogP contribution in [0.3, 0.4) is 0 Å². The molecule has 0 fully saturated rings. The van der Waals surface area contributed by atoms with Crippen molar-refractivity contribution in [1.29, 1.82) is 5.26 Å². The molecule has 0 saturated heterocycles. The molecule has 0 aliphatic carbocycles. The molecule has 3 rings (SSSR count). The molecule has 0 spiro atoms. The van der Waals surface area contributed by atoms with Gasteiger partial charge in [-0.05, 0) is 18.2 Å². The van der Waals surface area contributed by atoms with Gasteiger partial charge in [0.25, 0.3) is 5.70 Å². The van der Waals surface area contributed by atoms with E-state index in [4.69, 9.17) is 0 Å². The third-order valence-electron chi connectivity index (χ3n) is 3.19. The summed E-state index contributed by atoms with van der Waals surface area (Å²) in [5, 5.41) is 20.7. The Labute approximate surface area is 115 Å². The van der Waals surface area contributed by atoms with Crippen molar-refractivity contribution >= 4 is 23.1 Å². The van der Waals surface area contributed by atoms with Gasteiger partial charge in [-0.1, -0.05) is 30.3 Å². The van der Waals surface area contributed by atoms with Gasteiger partial charge in [0, 0.05) is 11.6 Å². The summed E-state index contributed by atoms with van der Waals surface area (Å²) in [7, 11) is 0. The van der Waals surface area contributed by atoms with Crippen molar-refractivity contribution in [3.63, 3.8) is 0 Å². The van der Waals surface area contributed by atoms with Crippen LogP contribution in [0.15, 0.2) is 48.5 Å². The molecule has 20 heavy (non-hydrogen) atoms. The van der Waals surface area contributed by atoms with Crippen LogP contribution in [-0.4, -0.2) is 4.92 Å². The molecule has 0 radical (unpaired) electrons. The Morgan fingerprint density at radius 3 is 2.40 bits per heavy atom. The molecular formula is C15H9N3O2. The zero-order valence-electron chi connectivity index (χ0n) is 10.4. The Kier molecular flexibility index (Phi) is 2.70. The lowest BCUT2D eigenvalue weighted by Crippen LogP contribution is -2.11. The van der Waals surface area contributed by atoms with Crippen LogP contribution in [0.25, 0.3) is 11.8 Å². The Morgan fingerprint density at radius 1 is 1.05 bits per heavy atom. The van der Waals surface area contributed by atoms with E-state index in [0.29, 0.717) is 22.5 Å². The second-order valence-electron chi connectivity index (χ2n) is 4.30. The number of nitrogens with zero attached hydrogens (tertiary/aromatic N) is 3. The molecule has 0 atom stereocenters. The Morgan fingerprint density at radius 2 is 1.70 bits per heavy atom. The zero-order valence-corrected chi connectivity index (χ0v) is 10.4. The van der Waals surface area contributed by atoms with Crippen LogP contribution < -0.4 is 4.90 Å². The predicted molar refractivity (Wildman–Crippen MR) is 75.5 cm³/mol. The van der Waals surface area contributed by atoms with Gasteiger partial charge in [-0.15, -0.1) is 0 Å². The van der Waals surface area contributed by atoms with Gasteiger partial charge >= 0.3 is 0 Å². The van der Waals surface area contributed by atoms with E-state index in [-0.39, 0.29) is 5.70 Å². The molecule has 0 unspecified atom stereocenters. The van der Waals surface area contributed by atoms with Crippen LogP contribution in [0.4, 0.5) is 11.4 Å². The zero-order chi connectivity index (χ0) is 14.1. The van der Waals surface area contributed by atoms with Gasteiger partial charge in [0.1, 0.15) is 0 Å². The Hall–Kier alpha value is -3.13. The minimum atomic E-state index is -0.420. The number of nitriles is 1. The van der Waals surface area contributed by atoms with E-state index in [0.717, 1.165) is 0 Å². The summed E-state index contributed by atoms with van der Waals surface area (Å²) < 4.78 is 0. The van der Waals surface area contributed by atoms with Gasteiger partial charge in [0.15, 0.2) is 6.19 Å². The molecule has 1 heterocycles. The summed E-state index contributed by atoms with van der Waals surface area (Å²) in [5.41, 5.74) is 2.24. The van der Waals surface area contributed by atoms with Crippen molar-refractivity contribution in [2.75, 3.05) is 4.90 Å². The molecule has 1 aliphatic rings. The first-order chi connectivity index (χ1) is 9.72. The highest BCUT2D eigenvalue weighted by Gasteiger charge is 2.27. The van der Waals surface area contributed by atoms with Gasteiger partial charge in [0.05, 0.1) is 21.9 Å². The normalized spacial score (nSPS) is 12.6. The van der Waals surface area contributed by atoms with E-state index in [9.17, 15) is 15.4 Å². The smallest absolute Gasteiger partial charge is 0.258 e. The Bertz CT molecular complexity index is 775. The van der Waals surface area contributed by atoms with Crippen LogP contribution in [0.5, 0.6) is 0 Å². The van der Waals surface area contributed by atoms with Gasteiger partial charge in [0.2, 0.25) is 0 Å². The topological polar surface area (TPSA) is 70.2 Å². The first kappa shape index (κ1) is 11.9. The van der Waals surface area contributed by atoms with Crippen molar-refractivity contribution in [2.45, 2.75) is 0 Å². The molecule has 96 valence electrons. The highest BCUT2D eigenvalue weighted by atomic mass is 16.6. The molecule has 1 aliphatic heterocycles. The summed E-state index contributed by atoms with van der Waals surface area (Å²) >= 11 is 0. The fourth-order valence-corrected chi connectivity index (χ4v) is 2.31. The van der Waals surface area contributed by atoms with Crippen molar-refractivity contribution in [1.82, 2.24) is 0 Å². The second-order valence-corrected chi connectivity index (χ2v) is 4.30. The number of para-hydroxylation sites is 2. The summed E-state index contributed by atoms with van der Waals surface area (Å²) in [5.74, 6) is 0. The van der Waals surface area contributed by atoms with Crippen molar-refractivity contribution in [3.8, 4) is 6.19 Å². The van der Waals surface area contributed by atoms with Crippen molar-refractivity contribution < 1.29 is 4.92 Å². The number of nitro groups is 1. The molecule has 0 aromatic heterocycles. The van der Waals surface area contributed by atoms with Crippen LogP contribution in [-0.2, 0) is 0 Å².